The highest BCUT2D eigenvalue weighted by Crippen LogP contribution is 2.66. The van der Waals surface area contributed by atoms with Gasteiger partial charge >= 0.3 is 5.97 Å². The molecule has 4 bridgehead atoms. The first-order valence-corrected chi connectivity index (χ1v) is 9.59. The fourth-order valence-corrected chi connectivity index (χ4v) is 6.31. The molecule has 1 heterocycles. The third-order valence-electron chi connectivity index (χ3n) is 6.78. The summed E-state index contributed by atoms with van der Waals surface area (Å²) in [5.41, 5.74) is 1.21. The molecule has 0 radical (unpaired) electrons. The summed E-state index contributed by atoms with van der Waals surface area (Å²) in [5, 5.41) is 3.76. The predicted octanol–water partition coefficient (Wildman–Crippen LogP) is 3.96. The molecule has 4 aliphatic carbocycles. The van der Waals surface area contributed by atoms with Crippen molar-refractivity contribution in [1.82, 2.24) is 10.1 Å². The van der Waals surface area contributed by atoms with E-state index in [1.165, 1.54) is 24.8 Å². The Kier molecular flexibility index (Phi) is 3.49. The largest absolute Gasteiger partial charge is 0.455 e. The summed E-state index contributed by atoms with van der Waals surface area (Å²) in [6, 6.07) is 10.8. The molecule has 2 unspecified atom stereocenters. The average molecular weight is 352 g/mol. The van der Waals surface area contributed by atoms with Crippen molar-refractivity contribution >= 4 is 5.97 Å². The van der Waals surface area contributed by atoms with Crippen LogP contribution in [0.1, 0.15) is 55.8 Å². The zero-order chi connectivity index (χ0) is 17.8. The van der Waals surface area contributed by atoms with Crippen LogP contribution in [-0.4, -0.2) is 16.1 Å². The number of esters is 1. The Hall–Kier alpha value is -2.17. The Morgan fingerprint density at radius 2 is 1.92 bits per heavy atom. The molecule has 136 valence electrons. The van der Waals surface area contributed by atoms with Gasteiger partial charge < -0.3 is 9.26 Å². The minimum Gasteiger partial charge on any atom is -0.455 e. The van der Waals surface area contributed by atoms with Crippen molar-refractivity contribution < 1.29 is 14.1 Å². The van der Waals surface area contributed by atoms with E-state index in [0.29, 0.717) is 23.6 Å². The van der Waals surface area contributed by atoms with Gasteiger partial charge in [-0.25, -0.2) is 0 Å². The van der Waals surface area contributed by atoms with Gasteiger partial charge in [0.15, 0.2) is 12.4 Å². The molecule has 1 aromatic heterocycles. The maximum Gasteiger partial charge on any atom is 0.312 e. The number of carbonyl (C=O) groups excluding carboxylic acids is 1. The van der Waals surface area contributed by atoms with Crippen LogP contribution in [-0.2, 0) is 21.6 Å². The van der Waals surface area contributed by atoms with Crippen molar-refractivity contribution in [2.75, 3.05) is 0 Å². The molecule has 4 atom stereocenters. The van der Waals surface area contributed by atoms with E-state index < -0.39 is 0 Å². The first kappa shape index (κ1) is 16.0. The van der Waals surface area contributed by atoms with E-state index in [9.17, 15) is 4.79 Å². The molecule has 4 saturated carbocycles. The first-order chi connectivity index (χ1) is 12.6. The van der Waals surface area contributed by atoms with Crippen LogP contribution >= 0.6 is 0 Å². The Morgan fingerprint density at radius 3 is 2.58 bits per heavy atom. The maximum absolute atomic E-state index is 13.1. The molecular weight excluding hydrogens is 328 g/mol. The first-order valence-electron chi connectivity index (χ1n) is 9.59. The van der Waals surface area contributed by atoms with Crippen molar-refractivity contribution in [3.63, 3.8) is 0 Å². The molecule has 0 N–H and O–H groups in total. The van der Waals surface area contributed by atoms with Crippen LogP contribution < -0.4 is 0 Å². The Balaban J connectivity index is 1.40. The van der Waals surface area contributed by atoms with Crippen molar-refractivity contribution in [2.24, 2.45) is 17.3 Å². The highest BCUT2D eigenvalue weighted by molar-refractivity contribution is 5.78. The lowest BCUT2D eigenvalue weighted by Gasteiger charge is -2.61. The van der Waals surface area contributed by atoms with Crippen LogP contribution in [0.5, 0.6) is 0 Å². The van der Waals surface area contributed by atoms with Crippen LogP contribution in [0.2, 0.25) is 0 Å². The number of carbonyl (C=O) groups is 1. The quantitative estimate of drug-likeness (QED) is 0.779. The second-order valence-electron chi connectivity index (χ2n) is 8.70. The highest BCUT2D eigenvalue weighted by Gasteiger charge is 2.61. The van der Waals surface area contributed by atoms with Gasteiger partial charge in [-0.3, -0.25) is 4.79 Å². The Labute approximate surface area is 153 Å². The van der Waals surface area contributed by atoms with E-state index in [4.69, 9.17) is 9.26 Å². The molecule has 1 aromatic carbocycles. The second kappa shape index (κ2) is 5.66. The minimum atomic E-state index is -0.338. The number of hydrogen-bond acceptors (Lipinski definition) is 5. The number of aryl methyl sites for hydroxylation is 1. The zero-order valence-electron chi connectivity index (χ0n) is 15.1. The molecule has 4 fully saturated rings. The van der Waals surface area contributed by atoms with Gasteiger partial charge in [0.25, 0.3) is 5.89 Å². The van der Waals surface area contributed by atoms with Crippen molar-refractivity contribution in [1.29, 1.82) is 0 Å². The average Bonchev–Trinajstić information content (AvgIpc) is 3.05. The minimum absolute atomic E-state index is 0.0669. The van der Waals surface area contributed by atoms with Crippen molar-refractivity contribution in [3.8, 4) is 0 Å². The summed E-state index contributed by atoms with van der Waals surface area (Å²) in [4.78, 5) is 17.3. The normalized spacial score (nSPS) is 34.8. The molecule has 5 heteroatoms. The van der Waals surface area contributed by atoms with Crippen LogP contribution in [0.3, 0.4) is 0 Å². The molecule has 0 aliphatic heterocycles. The summed E-state index contributed by atoms with van der Waals surface area (Å²) in [6.07, 6.45) is 6.56. The zero-order valence-corrected chi connectivity index (χ0v) is 15.1. The fourth-order valence-electron chi connectivity index (χ4n) is 6.31. The highest BCUT2D eigenvalue weighted by atomic mass is 16.6. The fraction of sp³-hybridized carbons (Fsp3) is 0.571. The van der Waals surface area contributed by atoms with Gasteiger partial charge in [0.05, 0.1) is 5.41 Å². The number of benzene rings is 1. The van der Waals surface area contributed by atoms with Gasteiger partial charge in [-0.2, -0.15) is 4.98 Å². The van der Waals surface area contributed by atoms with Crippen LogP contribution in [0.15, 0.2) is 34.9 Å². The standard InChI is InChI=1S/C21H24N2O3/c1-14-22-18(26-23-14)12-25-19(24)21-10-15-7-16(11-21)9-20(8-15,13-21)17-5-3-2-4-6-17/h2-6,15-16H,7-13H2,1H3/t15-,16+,20?,21?. The monoisotopic (exact) mass is 352 g/mol. The predicted molar refractivity (Wildman–Crippen MR) is 94.1 cm³/mol. The van der Waals surface area contributed by atoms with Gasteiger partial charge in [0, 0.05) is 0 Å². The SMILES string of the molecule is Cc1noc(COC(=O)C23C[C@H]4C[C@@H](C2)CC(c2ccccc2)(C4)C3)n1. The molecule has 6 rings (SSSR count). The second-order valence-corrected chi connectivity index (χ2v) is 8.70. The summed E-state index contributed by atoms with van der Waals surface area (Å²) < 4.78 is 10.8. The third kappa shape index (κ3) is 2.48. The van der Waals surface area contributed by atoms with E-state index in [1.807, 2.05) is 0 Å². The number of rotatable bonds is 4. The van der Waals surface area contributed by atoms with E-state index in [1.54, 1.807) is 6.92 Å². The van der Waals surface area contributed by atoms with E-state index in [0.717, 1.165) is 19.3 Å². The van der Waals surface area contributed by atoms with Gasteiger partial charge in [-0.15, -0.1) is 0 Å². The molecule has 26 heavy (non-hydrogen) atoms. The van der Waals surface area contributed by atoms with Gasteiger partial charge in [0.1, 0.15) is 0 Å². The molecular formula is C21H24N2O3. The Bertz CT molecular complexity index is 815. The molecule has 4 aliphatic rings. The van der Waals surface area contributed by atoms with E-state index in [2.05, 4.69) is 40.5 Å². The molecule has 0 saturated heterocycles. The summed E-state index contributed by atoms with van der Waals surface area (Å²) in [5.74, 6) is 2.14. The number of aromatic nitrogens is 2. The summed E-state index contributed by atoms with van der Waals surface area (Å²) in [6.45, 7) is 1.84. The van der Waals surface area contributed by atoms with Crippen LogP contribution in [0.25, 0.3) is 0 Å². The van der Waals surface area contributed by atoms with E-state index in [-0.39, 0.29) is 23.4 Å². The maximum atomic E-state index is 13.1. The van der Waals surface area contributed by atoms with Gasteiger partial charge in [0.2, 0.25) is 0 Å². The molecule has 2 aromatic rings. The van der Waals surface area contributed by atoms with Gasteiger partial charge in [-0.05, 0) is 68.3 Å². The number of nitrogens with zero attached hydrogens (tertiary/aromatic N) is 2. The van der Waals surface area contributed by atoms with Crippen LogP contribution in [0, 0.1) is 24.2 Å². The van der Waals surface area contributed by atoms with Crippen molar-refractivity contribution in [2.45, 2.75) is 57.5 Å². The molecule has 0 amide bonds. The molecule has 5 nitrogen and oxygen atoms in total. The van der Waals surface area contributed by atoms with E-state index >= 15 is 0 Å². The smallest absolute Gasteiger partial charge is 0.312 e. The van der Waals surface area contributed by atoms with Crippen LogP contribution in [0.4, 0.5) is 0 Å². The molecule has 0 spiro atoms. The topological polar surface area (TPSA) is 65.2 Å². The lowest BCUT2D eigenvalue weighted by Crippen LogP contribution is -2.57. The number of hydrogen-bond donors (Lipinski definition) is 0. The third-order valence-corrected chi connectivity index (χ3v) is 6.78. The number of ether oxygens (including phenoxy) is 1. The lowest BCUT2D eigenvalue weighted by atomic mass is 9.43. The summed E-state index contributed by atoms with van der Waals surface area (Å²) in [7, 11) is 0. The lowest BCUT2D eigenvalue weighted by molar-refractivity contribution is -0.176. The van der Waals surface area contributed by atoms with Crippen molar-refractivity contribution in [3.05, 3.63) is 47.6 Å². The Morgan fingerprint density at radius 1 is 1.19 bits per heavy atom. The van der Waals surface area contributed by atoms with Gasteiger partial charge in [-0.1, -0.05) is 35.5 Å². The summed E-state index contributed by atoms with van der Waals surface area (Å²) >= 11 is 0.